The Morgan fingerprint density at radius 1 is 1.45 bits per heavy atom. The summed E-state index contributed by atoms with van der Waals surface area (Å²) in [5, 5.41) is 12.2. The summed E-state index contributed by atoms with van der Waals surface area (Å²) in [6, 6.07) is -0.541. The first kappa shape index (κ1) is 14.7. The summed E-state index contributed by atoms with van der Waals surface area (Å²) in [5.41, 5.74) is -0.864. The van der Waals surface area contributed by atoms with Crippen LogP contribution in [-0.2, 0) is 4.79 Å². The number of urea groups is 1. The van der Waals surface area contributed by atoms with E-state index in [0.29, 0.717) is 25.3 Å². The lowest BCUT2D eigenvalue weighted by atomic mass is 9.85. The molecule has 5 nitrogen and oxygen atoms in total. The van der Waals surface area contributed by atoms with Crippen LogP contribution >= 0.6 is 0 Å². The number of nitrogens with zero attached hydrogens (tertiary/aromatic N) is 1. The van der Waals surface area contributed by atoms with Crippen molar-refractivity contribution in [3.8, 4) is 12.3 Å². The minimum atomic E-state index is -0.864. The largest absolute Gasteiger partial charge is 0.481 e. The Bertz CT molecular complexity index is 439. The first-order valence-electron chi connectivity index (χ1n) is 7.19. The number of carbonyl (C=O) groups is 2. The van der Waals surface area contributed by atoms with E-state index in [9.17, 15) is 14.7 Å². The number of aliphatic carboxylic acids is 1. The predicted molar refractivity (Wildman–Crippen MR) is 75.0 cm³/mol. The van der Waals surface area contributed by atoms with Crippen molar-refractivity contribution >= 4 is 12.0 Å². The molecule has 5 heteroatoms. The summed E-state index contributed by atoms with van der Waals surface area (Å²) < 4.78 is 0. The van der Waals surface area contributed by atoms with E-state index in [2.05, 4.69) is 11.2 Å². The molecule has 2 rings (SSSR count). The highest BCUT2D eigenvalue weighted by atomic mass is 16.4. The molecule has 2 aliphatic carbocycles. The summed E-state index contributed by atoms with van der Waals surface area (Å²) in [4.78, 5) is 25.3. The van der Waals surface area contributed by atoms with E-state index in [1.54, 1.807) is 11.8 Å². The van der Waals surface area contributed by atoms with Gasteiger partial charge in [0.2, 0.25) is 0 Å². The van der Waals surface area contributed by atoms with E-state index in [4.69, 9.17) is 6.42 Å². The average molecular weight is 278 g/mol. The molecule has 2 N–H and O–H groups in total. The molecule has 0 heterocycles. The van der Waals surface area contributed by atoms with Gasteiger partial charge in [0.05, 0.1) is 12.0 Å². The number of amides is 2. The monoisotopic (exact) mass is 278 g/mol. The lowest BCUT2D eigenvalue weighted by molar-refractivity contribution is -0.148. The molecule has 2 aliphatic rings. The maximum atomic E-state index is 12.3. The van der Waals surface area contributed by atoms with Crippen LogP contribution in [0, 0.1) is 23.7 Å². The van der Waals surface area contributed by atoms with Crippen molar-refractivity contribution in [2.24, 2.45) is 11.3 Å². The van der Waals surface area contributed by atoms with E-state index in [0.717, 1.165) is 19.3 Å². The van der Waals surface area contributed by atoms with Gasteiger partial charge < -0.3 is 15.3 Å². The predicted octanol–water partition coefficient (Wildman–Crippen LogP) is 1.68. The minimum absolute atomic E-state index is 0.228. The van der Waals surface area contributed by atoms with E-state index >= 15 is 0 Å². The molecule has 0 aromatic carbocycles. The Balaban J connectivity index is 1.98. The molecule has 0 saturated heterocycles. The number of carboxylic acid groups (broad SMARTS) is 1. The van der Waals surface area contributed by atoms with Crippen LogP contribution in [0.25, 0.3) is 0 Å². The van der Waals surface area contributed by atoms with Crippen molar-refractivity contribution in [2.75, 3.05) is 13.1 Å². The van der Waals surface area contributed by atoms with Crippen LogP contribution in [0.2, 0.25) is 0 Å². The Kier molecular flexibility index (Phi) is 4.22. The molecule has 20 heavy (non-hydrogen) atoms. The van der Waals surface area contributed by atoms with Crippen molar-refractivity contribution in [3.05, 3.63) is 0 Å². The highest BCUT2D eigenvalue weighted by Gasteiger charge is 2.46. The maximum absolute atomic E-state index is 12.3. The standard InChI is InChI=1S/C15H22N2O3/c1-3-9-17(10-11-6-7-11)14(20)16-12-5-4-8-15(12,2)13(18)19/h1,11-12H,4-10H2,2H3,(H,16,20)(H,18,19). The lowest BCUT2D eigenvalue weighted by Crippen LogP contribution is -2.51. The van der Waals surface area contributed by atoms with Crippen LogP contribution in [0.15, 0.2) is 0 Å². The van der Waals surface area contributed by atoms with Crippen LogP contribution in [0.5, 0.6) is 0 Å². The van der Waals surface area contributed by atoms with Crippen molar-refractivity contribution in [1.82, 2.24) is 10.2 Å². The Hall–Kier alpha value is -1.70. The summed E-state index contributed by atoms with van der Waals surface area (Å²) in [6.07, 6.45) is 9.73. The Labute approximate surface area is 119 Å². The second kappa shape index (κ2) is 5.74. The molecule has 2 unspecified atom stereocenters. The van der Waals surface area contributed by atoms with Crippen molar-refractivity contribution in [3.63, 3.8) is 0 Å². The molecule has 2 fully saturated rings. The van der Waals surface area contributed by atoms with Gasteiger partial charge in [-0.25, -0.2) is 4.79 Å². The number of rotatable bonds is 5. The zero-order valence-corrected chi connectivity index (χ0v) is 11.9. The third-order valence-corrected chi connectivity index (χ3v) is 4.49. The van der Waals surface area contributed by atoms with Gasteiger partial charge in [-0.2, -0.15) is 0 Å². The molecule has 0 aromatic rings. The zero-order valence-electron chi connectivity index (χ0n) is 11.9. The SMILES string of the molecule is C#CCN(CC1CC1)C(=O)NC1CCCC1(C)C(=O)O. The van der Waals surface area contributed by atoms with E-state index in [-0.39, 0.29) is 18.6 Å². The fourth-order valence-electron chi connectivity index (χ4n) is 2.84. The van der Waals surface area contributed by atoms with Crippen LogP contribution in [0.3, 0.4) is 0 Å². The van der Waals surface area contributed by atoms with E-state index in [1.807, 2.05) is 0 Å². The first-order chi connectivity index (χ1) is 9.47. The molecule has 0 bridgehead atoms. The van der Waals surface area contributed by atoms with Gasteiger partial charge in [-0.3, -0.25) is 4.79 Å². The number of hydrogen-bond acceptors (Lipinski definition) is 2. The summed E-state index contributed by atoms with van der Waals surface area (Å²) in [6.45, 7) is 2.66. The van der Waals surface area contributed by atoms with Gasteiger partial charge >= 0.3 is 12.0 Å². The Morgan fingerprint density at radius 3 is 2.70 bits per heavy atom. The Morgan fingerprint density at radius 2 is 2.15 bits per heavy atom. The molecule has 2 atom stereocenters. The highest BCUT2D eigenvalue weighted by Crippen LogP contribution is 2.38. The van der Waals surface area contributed by atoms with E-state index < -0.39 is 11.4 Å². The van der Waals surface area contributed by atoms with Gasteiger partial charge in [0.25, 0.3) is 0 Å². The smallest absolute Gasteiger partial charge is 0.318 e. The molecule has 110 valence electrons. The molecule has 2 amide bonds. The van der Waals surface area contributed by atoms with Gasteiger partial charge in [-0.1, -0.05) is 12.3 Å². The quantitative estimate of drug-likeness (QED) is 0.752. The molecule has 0 spiro atoms. The van der Waals surface area contributed by atoms with Gasteiger partial charge in [-0.15, -0.1) is 6.42 Å². The summed E-state index contributed by atoms with van der Waals surface area (Å²) in [5.74, 6) is 2.22. The van der Waals surface area contributed by atoms with Crippen LogP contribution in [0.1, 0.15) is 39.0 Å². The molecule has 2 saturated carbocycles. The normalized spacial score (nSPS) is 28.7. The number of carbonyl (C=O) groups excluding carboxylic acids is 1. The number of terminal acetylenes is 1. The fourth-order valence-corrected chi connectivity index (χ4v) is 2.84. The van der Waals surface area contributed by atoms with Gasteiger partial charge in [-0.05, 0) is 38.5 Å². The summed E-state index contributed by atoms with van der Waals surface area (Å²) >= 11 is 0. The summed E-state index contributed by atoms with van der Waals surface area (Å²) in [7, 11) is 0. The highest BCUT2D eigenvalue weighted by molar-refractivity contribution is 5.79. The topological polar surface area (TPSA) is 69.6 Å². The van der Waals surface area contributed by atoms with Crippen LogP contribution < -0.4 is 5.32 Å². The van der Waals surface area contributed by atoms with Crippen molar-refractivity contribution < 1.29 is 14.7 Å². The number of carboxylic acids is 1. The van der Waals surface area contributed by atoms with Crippen molar-refractivity contribution in [1.29, 1.82) is 0 Å². The molecule has 0 aliphatic heterocycles. The van der Waals surface area contributed by atoms with E-state index in [1.165, 1.54) is 0 Å². The second-order valence-electron chi connectivity index (χ2n) is 6.14. The zero-order chi connectivity index (χ0) is 14.8. The third-order valence-electron chi connectivity index (χ3n) is 4.49. The van der Waals surface area contributed by atoms with Gasteiger partial charge in [0, 0.05) is 12.6 Å². The van der Waals surface area contributed by atoms with Crippen molar-refractivity contribution in [2.45, 2.75) is 45.1 Å². The molecular formula is C15H22N2O3. The molecule has 0 aromatic heterocycles. The second-order valence-corrected chi connectivity index (χ2v) is 6.14. The van der Waals surface area contributed by atoms with Gasteiger partial charge in [0.1, 0.15) is 0 Å². The minimum Gasteiger partial charge on any atom is -0.481 e. The average Bonchev–Trinajstić information content (AvgIpc) is 3.13. The first-order valence-corrected chi connectivity index (χ1v) is 7.19. The van der Waals surface area contributed by atoms with Crippen LogP contribution in [-0.4, -0.2) is 41.1 Å². The lowest BCUT2D eigenvalue weighted by Gasteiger charge is -2.30. The molecular weight excluding hydrogens is 256 g/mol. The maximum Gasteiger partial charge on any atom is 0.318 e. The number of nitrogens with one attached hydrogen (secondary N) is 1. The fraction of sp³-hybridized carbons (Fsp3) is 0.733. The number of hydrogen-bond donors (Lipinski definition) is 2. The third kappa shape index (κ3) is 3.06. The van der Waals surface area contributed by atoms with Crippen LogP contribution in [0.4, 0.5) is 4.79 Å². The van der Waals surface area contributed by atoms with Gasteiger partial charge in [0.15, 0.2) is 0 Å². The molecule has 0 radical (unpaired) electrons.